The van der Waals surface area contributed by atoms with Gasteiger partial charge in [-0.15, -0.1) is 6.58 Å². The molecule has 2 unspecified atom stereocenters. The third-order valence-corrected chi connectivity index (χ3v) is 13.8. The number of nitrogens with zero attached hydrogens (tertiary/aromatic N) is 7. The quantitative estimate of drug-likeness (QED) is 0.0706. The smallest absolute Gasteiger partial charge is 0.256 e. The van der Waals surface area contributed by atoms with Crippen molar-refractivity contribution in [3.8, 4) is 0 Å². The highest BCUT2D eigenvalue weighted by atomic mass is 16.2. The van der Waals surface area contributed by atoms with Gasteiger partial charge in [0.2, 0.25) is 11.9 Å². The summed E-state index contributed by atoms with van der Waals surface area (Å²) in [6.45, 7) is 16.7. The lowest BCUT2D eigenvalue weighted by atomic mass is 9.71. The van der Waals surface area contributed by atoms with Gasteiger partial charge in [-0.3, -0.25) is 19.3 Å². The van der Waals surface area contributed by atoms with Crippen molar-refractivity contribution in [2.75, 3.05) is 73.3 Å². The van der Waals surface area contributed by atoms with Crippen LogP contribution in [0.15, 0.2) is 73.4 Å². The van der Waals surface area contributed by atoms with E-state index in [-0.39, 0.29) is 29.6 Å². The summed E-state index contributed by atoms with van der Waals surface area (Å²) in [6, 6.07) is 18.3. The molecular weight excluding hydrogens is 819 g/mol. The third kappa shape index (κ3) is 9.42. The summed E-state index contributed by atoms with van der Waals surface area (Å²) in [4.78, 5) is 73.6. The van der Waals surface area contributed by atoms with Gasteiger partial charge in [0.05, 0.1) is 6.04 Å². The van der Waals surface area contributed by atoms with Crippen molar-refractivity contribution < 1.29 is 19.2 Å². The molecule has 5 aliphatic rings. The van der Waals surface area contributed by atoms with Gasteiger partial charge in [-0.25, -0.2) is 9.97 Å². The average Bonchev–Trinajstić information content (AvgIpc) is 3.88. The Morgan fingerprint density at radius 3 is 2.43 bits per heavy atom. The number of rotatable bonds is 16. The van der Waals surface area contributed by atoms with E-state index in [2.05, 4.69) is 78.7 Å². The lowest BCUT2D eigenvalue weighted by Gasteiger charge is -2.63. The van der Waals surface area contributed by atoms with Gasteiger partial charge in [0.1, 0.15) is 23.5 Å². The number of pyridine rings is 1. The predicted molar refractivity (Wildman–Crippen MR) is 255 cm³/mol. The zero-order chi connectivity index (χ0) is 45.7. The Labute approximate surface area is 382 Å². The number of hydrogen-bond donors (Lipinski definition) is 4. The second kappa shape index (κ2) is 19.8. The molecule has 65 heavy (non-hydrogen) atoms. The van der Waals surface area contributed by atoms with Gasteiger partial charge in [-0.2, -0.15) is 4.98 Å². The first-order valence-corrected chi connectivity index (χ1v) is 23.4. The van der Waals surface area contributed by atoms with E-state index in [1.54, 1.807) is 18.0 Å². The van der Waals surface area contributed by atoms with Crippen molar-refractivity contribution in [3.05, 3.63) is 101 Å². The van der Waals surface area contributed by atoms with E-state index < -0.39 is 6.04 Å². The highest BCUT2D eigenvalue weighted by Gasteiger charge is 2.54. The van der Waals surface area contributed by atoms with Crippen LogP contribution in [0.3, 0.4) is 0 Å². The summed E-state index contributed by atoms with van der Waals surface area (Å²) in [5, 5.41) is 12.1. The Morgan fingerprint density at radius 1 is 0.954 bits per heavy atom. The Bertz CT molecular complexity index is 2380. The standard InChI is InChI=1S/C48H57N11O4.C2H6/c1-4-21-50-45(62)38-24-51-47(55-44(38)54-41-17-11-32-10-9-31(5-2)43(32)53-41)52-33-12-14-34(15-13-33)56-22-19-35(20-23-56)57-27-48(28-57)29-58(30-48)40-8-6-7-37-39(40)25-59(46(37)63)36(26-60)16-18-42(61)49-3;1-2/h4,6-8,11-15,17,24,26,31,35-36H,1,5,9-10,16,18-23,25,27-30H2,2-3H3,(H,49,61)(H,50,62)(H2,51,52,53,54,55);1-2H3. The van der Waals surface area contributed by atoms with Crippen molar-refractivity contribution in [3.63, 3.8) is 0 Å². The fourth-order valence-corrected chi connectivity index (χ4v) is 10.3. The predicted octanol–water partition coefficient (Wildman–Crippen LogP) is 6.58. The minimum atomic E-state index is -0.625. The average molecular weight is 882 g/mol. The van der Waals surface area contributed by atoms with E-state index in [1.165, 1.54) is 17.4 Å². The molecule has 342 valence electrons. The van der Waals surface area contributed by atoms with Crippen LogP contribution >= 0.6 is 0 Å². The fraction of sp³-hybridized carbons (Fsp3) is 0.460. The van der Waals surface area contributed by atoms with Crippen LogP contribution in [-0.2, 0) is 22.6 Å². The van der Waals surface area contributed by atoms with E-state index in [9.17, 15) is 19.2 Å². The Kier molecular flexibility index (Phi) is 13.8. The normalized spacial score (nSPS) is 18.9. The van der Waals surface area contributed by atoms with Crippen molar-refractivity contribution in [1.82, 2.24) is 35.4 Å². The zero-order valence-corrected chi connectivity index (χ0v) is 38.2. The largest absolute Gasteiger partial charge is 0.371 e. The second-order valence-electron chi connectivity index (χ2n) is 17.8. The molecule has 9 rings (SSSR count). The number of piperidine rings is 1. The maximum absolute atomic E-state index is 13.4. The summed E-state index contributed by atoms with van der Waals surface area (Å²) in [6.07, 6.45) is 9.88. The van der Waals surface area contributed by atoms with Gasteiger partial charge in [0.25, 0.3) is 11.8 Å². The molecule has 15 heteroatoms. The van der Waals surface area contributed by atoms with Crippen LogP contribution in [0, 0.1) is 5.41 Å². The molecule has 0 radical (unpaired) electrons. The number of carbonyl (C=O) groups is 4. The van der Waals surface area contributed by atoms with Gasteiger partial charge >= 0.3 is 0 Å². The van der Waals surface area contributed by atoms with E-state index in [0.717, 1.165) is 100 Å². The number of likely N-dealkylation sites (tertiary alicyclic amines) is 1. The molecular formula is C50H63N11O4. The van der Waals surface area contributed by atoms with Crippen LogP contribution in [0.2, 0.25) is 0 Å². The molecule has 1 spiro atoms. The van der Waals surface area contributed by atoms with Crippen molar-refractivity contribution in [2.45, 2.75) is 90.3 Å². The molecule has 6 heterocycles. The molecule has 3 saturated heterocycles. The molecule has 1 aliphatic carbocycles. The highest BCUT2D eigenvalue weighted by Crippen LogP contribution is 2.46. The third-order valence-electron chi connectivity index (χ3n) is 13.8. The van der Waals surface area contributed by atoms with Crippen LogP contribution < -0.4 is 31.1 Å². The first-order chi connectivity index (χ1) is 31.7. The molecule has 2 aromatic carbocycles. The maximum Gasteiger partial charge on any atom is 0.256 e. The molecule has 4 aromatic rings. The van der Waals surface area contributed by atoms with Gasteiger partial charge < -0.3 is 40.8 Å². The molecule has 3 amide bonds. The first-order valence-electron chi connectivity index (χ1n) is 23.4. The summed E-state index contributed by atoms with van der Waals surface area (Å²) in [7, 11) is 1.57. The Hall–Kier alpha value is -6.35. The molecule has 0 saturated carbocycles. The number of aromatic nitrogens is 3. The van der Waals surface area contributed by atoms with Crippen LogP contribution in [0.4, 0.5) is 34.6 Å². The fourth-order valence-electron chi connectivity index (χ4n) is 10.3. The van der Waals surface area contributed by atoms with Crippen molar-refractivity contribution in [1.29, 1.82) is 0 Å². The Balaban J connectivity index is 0.00000284. The number of hydrogen-bond acceptors (Lipinski definition) is 12. The summed E-state index contributed by atoms with van der Waals surface area (Å²) in [5.74, 6) is 1.26. The molecule has 4 N–H and O–H groups in total. The van der Waals surface area contributed by atoms with Crippen LogP contribution in [0.1, 0.15) is 103 Å². The van der Waals surface area contributed by atoms with Crippen LogP contribution in [-0.4, -0.2) is 114 Å². The van der Waals surface area contributed by atoms with Gasteiger partial charge in [0.15, 0.2) is 0 Å². The SMILES string of the molecule is C=CCNC(=O)c1cnc(Nc2ccc(N3CCC(N4CC5(CN(c6cccc7c6CN(C(C=O)CCC(=O)NC)C7=O)C5)C4)CC3)cc2)nc1Nc1ccc2c(n1)C(CC)CC2.CC. The number of benzene rings is 2. The number of anilines is 6. The molecule has 3 fully saturated rings. The lowest BCUT2D eigenvalue weighted by Crippen LogP contribution is -2.74. The van der Waals surface area contributed by atoms with E-state index in [4.69, 9.17) is 9.97 Å². The minimum Gasteiger partial charge on any atom is -0.371 e. The molecule has 4 aliphatic heterocycles. The number of aldehydes is 1. The summed E-state index contributed by atoms with van der Waals surface area (Å²) < 4.78 is 0. The Morgan fingerprint density at radius 2 is 1.72 bits per heavy atom. The number of nitrogens with one attached hydrogen (secondary N) is 4. The van der Waals surface area contributed by atoms with Gasteiger partial charge in [0, 0.05) is 123 Å². The molecule has 15 nitrogen and oxygen atoms in total. The minimum absolute atomic E-state index is 0.135. The van der Waals surface area contributed by atoms with Gasteiger partial charge in [-0.1, -0.05) is 39.0 Å². The maximum atomic E-state index is 13.4. The zero-order valence-electron chi connectivity index (χ0n) is 38.2. The van der Waals surface area contributed by atoms with E-state index in [1.807, 2.05) is 44.2 Å². The first kappa shape index (κ1) is 45.2. The summed E-state index contributed by atoms with van der Waals surface area (Å²) >= 11 is 0. The van der Waals surface area contributed by atoms with E-state index >= 15 is 0 Å². The van der Waals surface area contributed by atoms with Crippen molar-refractivity contribution in [2.24, 2.45) is 5.41 Å². The monoisotopic (exact) mass is 882 g/mol. The van der Waals surface area contributed by atoms with Gasteiger partial charge in [-0.05, 0) is 86.6 Å². The number of carbonyl (C=O) groups excluding carboxylic acids is 4. The molecule has 2 atom stereocenters. The van der Waals surface area contributed by atoms with Crippen LogP contribution in [0.5, 0.6) is 0 Å². The second-order valence-corrected chi connectivity index (χ2v) is 17.8. The number of fused-ring (bicyclic) bond motifs is 2. The van der Waals surface area contributed by atoms with Crippen molar-refractivity contribution >= 4 is 58.7 Å². The van der Waals surface area contributed by atoms with Crippen LogP contribution in [0.25, 0.3) is 0 Å². The number of aryl methyl sites for hydroxylation is 1. The highest BCUT2D eigenvalue weighted by molar-refractivity contribution is 6.01. The number of amides is 3. The summed E-state index contributed by atoms with van der Waals surface area (Å²) in [5.41, 5.74) is 7.76. The van der Waals surface area contributed by atoms with E-state index in [0.29, 0.717) is 60.2 Å². The lowest BCUT2D eigenvalue weighted by molar-refractivity contribution is -0.121. The molecule has 0 bridgehead atoms. The molecule has 2 aromatic heterocycles. The topological polar surface area (TPSA) is 168 Å².